The van der Waals surface area contributed by atoms with Gasteiger partial charge in [-0.15, -0.1) is 0 Å². The minimum absolute atomic E-state index is 0.0808. The van der Waals surface area contributed by atoms with Crippen LogP contribution < -0.4 is 10.2 Å². The molecule has 0 fully saturated rings. The Kier molecular flexibility index (Phi) is 5.46. The van der Waals surface area contributed by atoms with Gasteiger partial charge in [-0.3, -0.25) is 9.78 Å². The Balaban J connectivity index is 1.79. The van der Waals surface area contributed by atoms with Gasteiger partial charge < -0.3 is 4.74 Å². The number of amides is 1. The van der Waals surface area contributed by atoms with Crippen molar-refractivity contribution in [1.82, 2.24) is 10.4 Å². The average Bonchev–Trinajstić information content (AvgIpc) is 2.53. The van der Waals surface area contributed by atoms with Crippen molar-refractivity contribution in [3.05, 3.63) is 59.9 Å². The molecule has 120 valence electrons. The van der Waals surface area contributed by atoms with Crippen molar-refractivity contribution >= 4 is 12.1 Å². The predicted molar refractivity (Wildman–Crippen MR) is 90.6 cm³/mol. The standard InChI is InChI=1S/C18H21N3O2/c1-18(2,3)15-4-6-16(7-5-15)23-13-17(22)21-20-12-14-8-10-19-11-9-14/h4-12H,13H2,1-3H3,(H,21,22)/b20-12+. The number of hydrogen-bond donors (Lipinski definition) is 1. The van der Waals surface area contributed by atoms with E-state index in [2.05, 4.69) is 36.3 Å². The van der Waals surface area contributed by atoms with E-state index in [9.17, 15) is 4.79 Å². The summed E-state index contributed by atoms with van der Waals surface area (Å²) in [4.78, 5) is 15.6. The van der Waals surface area contributed by atoms with E-state index in [-0.39, 0.29) is 17.9 Å². The third-order valence-electron chi connectivity index (χ3n) is 3.20. The van der Waals surface area contributed by atoms with Crippen LogP contribution in [0.1, 0.15) is 31.9 Å². The van der Waals surface area contributed by atoms with Crippen LogP contribution in [0.4, 0.5) is 0 Å². The first-order valence-corrected chi connectivity index (χ1v) is 7.40. The normalized spacial score (nSPS) is 11.4. The van der Waals surface area contributed by atoms with Crippen molar-refractivity contribution in [1.29, 1.82) is 0 Å². The number of benzene rings is 1. The van der Waals surface area contributed by atoms with Gasteiger partial charge in [0.25, 0.3) is 5.91 Å². The van der Waals surface area contributed by atoms with E-state index < -0.39 is 0 Å². The first-order chi connectivity index (χ1) is 10.9. The van der Waals surface area contributed by atoms with Crippen molar-refractivity contribution in [2.75, 3.05) is 6.61 Å². The Hall–Kier alpha value is -2.69. The van der Waals surface area contributed by atoms with Crippen molar-refractivity contribution in [3.63, 3.8) is 0 Å². The van der Waals surface area contributed by atoms with Crippen molar-refractivity contribution in [2.24, 2.45) is 5.10 Å². The van der Waals surface area contributed by atoms with Gasteiger partial charge in [-0.2, -0.15) is 5.10 Å². The molecule has 0 spiro atoms. The zero-order valence-electron chi connectivity index (χ0n) is 13.6. The van der Waals surface area contributed by atoms with E-state index >= 15 is 0 Å². The molecule has 23 heavy (non-hydrogen) atoms. The Labute approximate surface area is 136 Å². The molecule has 1 amide bonds. The highest BCUT2D eigenvalue weighted by Crippen LogP contribution is 2.24. The van der Waals surface area contributed by atoms with Crippen LogP contribution in [0.5, 0.6) is 5.75 Å². The molecule has 2 aromatic rings. The molecule has 0 saturated carbocycles. The molecule has 0 unspecified atom stereocenters. The van der Waals surface area contributed by atoms with Gasteiger partial charge in [0.2, 0.25) is 0 Å². The smallest absolute Gasteiger partial charge is 0.277 e. The van der Waals surface area contributed by atoms with Gasteiger partial charge in [0.1, 0.15) is 5.75 Å². The molecule has 1 heterocycles. The van der Waals surface area contributed by atoms with Gasteiger partial charge in [0.05, 0.1) is 6.21 Å². The van der Waals surface area contributed by atoms with Gasteiger partial charge in [-0.05, 0) is 40.8 Å². The number of pyridine rings is 1. The Bertz CT molecular complexity index is 659. The summed E-state index contributed by atoms with van der Waals surface area (Å²) in [5.41, 5.74) is 4.60. The van der Waals surface area contributed by atoms with Crippen LogP contribution in [0.2, 0.25) is 0 Å². The van der Waals surface area contributed by atoms with Crippen LogP contribution in [0.15, 0.2) is 53.9 Å². The number of nitrogens with one attached hydrogen (secondary N) is 1. The Morgan fingerprint density at radius 3 is 2.43 bits per heavy atom. The summed E-state index contributed by atoms with van der Waals surface area (Å²) in [5.74, 6) is 0.349. The minimum Gasteiger partial charge on any atom is -0.484 e. The molecular weight excluding hydrogens is 290 g/mol. The zero-order valence-corrected chi connectivity index (χ0v) is 13.6. The third kappa shape index (κ3) is 5.54. The van der Waals surface area contributed by atoms with E-state index in [1.807, 2.05) is 24.3 Å². The quantitative estimate of drug-likeness (QED) is 0.682. The highest BCUT2D eigenvalue weighted by Gasteiger charge is 2.13. The average molecular weight is 311 g/mol. The van der Waals surface area contributed by atoms with Crippen molar-refractivity contribution < 1.29 is 9.53 Å². The van der Waals surface area contributed by atoms with Crippen LogP contribution >= 0.6 is 0 Å². The van der Waals surface area contributed by atoms with Gasteiger partial charge in [-0.1, -0.05) is 32.9 Å². The summed E-state index contributed by atoms with van der Waals surface area (Å²) < 4.78 is 5.44. The summed E-state index contributed by atoms with van der Waals surface area (Å²) in [5, 5.41) is 3.87. The van der Waals surface area contributed by atoms with Gasteiger partial charge in [0, 0.05) is 12.4 Å². The maximum atomic E-state index is 11.7. The second-order valence-corrected chi connectivity index (χ2v) is 6.14. The fourth-order valence-electron chi connectivity index (χ4n) is 1.86. The van der Waals surface area contributed by atoms with Gasteiger partial charge in [0.15, 0.2) is 6.61 Å². The summed E-state index contributed by atoms with van der Waals surface area (Å²) in [6, 6.07) is 11.3. The first-order valence-electron chi connectivity index (χ1n) is 7.40. The van der Waals surface area contributed by atoms with Crippen LogP contribution in [0.3, 0.4) is 0 Å². The fourth-order valence-corrected chi connectivity index (χ4v) is 1.86. The lowest BCUT2D eigenvalue weighted by Gasteiger charge is -2.19. The molecule has 2 rings (SSSR count). The van der Waals surface area contributed by atoms with Crippen LogP contribution in [-0.2, 0) is 10.2 Å². The SMILES string of the molecule is CC(C)(C)c1ccc(OCC(=O)N/N=C/c2ccncc2)cc1. The maximum absolute atomic E-state index is 11.7. The number of carbonyl (C=O) groups is 1. The van der Waals surface area contributed by atoms with Gasteiger partial charge in [-0.25, -0.2) is 5.43 Å². The molecule has 1 aromatic heterocycles. The number of hydrogen-bond acceptors (Lipinski definition) is 4. The molecule has 0 aliphatic heterocycles. The number of hydrazone groups is 1. The predicted octanol–water partition coefficient (Wildman–Crippen LogP) is 2.91. The molecule has 0 saturated heterocycles. The summed E-state index contributed by atoms with van der Waals surface area (Å²) in [7, 11) is 0. The van der Waals surface area contributed by atoms with Crippen molar-refractivity contribution in [2.45, 2.75) is 26.2 Å². The molecule has 0 radical (unpaired) electrons. The molecule has 5 nitrogen and oxygen atoms in total. The second-order valence-electron chi connectivity index (χ2n) is 6.14. The van der Waals surface area contributed by atoms with Crippen LogP contribution in [0, 0.1) is 0 Å². The summed E-state index contributed by atoms with van der Waals surface area (Å²) >= 11 is 0. The van der Waals surface area contributed by atoms with E-state index in [4.69, 9.17) is 4.74 Å². The first kappa shape index (κ1) is 16.7. The highest BCUT2D eigenvalue weighted by atomic mass is 16.5. The van der Waals surface area contributed by atoms with E-state index in [1.165, 1.54) is 5.56 Å². The summed E-state index contributed by atoms with van der Waals surface area (Å²) in [6.07, 6.45) is 4.87. The minimum atomic E-state index is -0.310. The molecule has 1 N–H and O–H groups in total. The van der Waals surface area contributed by atoms with E-state index in [0.29, 0.717) is 5.75 Å². The topological polar surface area (TPSA) is 63.6 Å². The number of aromatic nitrogens is 1. The monoisotopic (exact) mass is 311 g/mol. The molecule has 0 atom stereocenters. The second kappa shape index (κ2) is 7.54. The Morgan fingerprint density at radius 2 is 1.83 bits per heavy atom. The summed E-state index contributed by atoms with van der Waals surface area (Å²) in [6.45, 7) is 6.37. The maximum Gasteiger partial charge on any atom is 0.277 e. The molecule has 1 aromatic carbocycles. The molecular formula is C18H21N3O2. The largest absolute Gasteiger partial charge is 0.484 e. The molecule has 5 heteroatoms. The molecule has 0 aliphatic carbocycles. The lowest BCUT2D eigenvalue weighted by Crippen LogP contribution is -2.24. The number of nitrogens with zero attached hydrogens (tertiary/aromatic N) is 2. The number of carbonyl (C=O) groups excluding carboxylic acids is 1. The fraction of sp³-hybridized carbons (Fsp3) is 0.278. The van der Waals surface area contributed by atoms with Crippen LogP contribution in [-0.4, -0.2) is 23.7 Å². The molecule has 0 bridgehead atoms. The van der Waals surface area contributed by atoms with Crippen LogP contribution in [0.25, 0.3) is 0 Å². The number of ether oxygens (including phenoxy) is 1. The van der Waals surface area contributed by atoms with E-state index in [0.717, 1.165) is 5.56 Å². The van der Waals surface area contributed by atoms with Gasteiger partial charge >= 0.3 is 0 Å². The lowest BCUT2D eigenvalue weighted by molar-refractivity contribution is -0.123. The number of rotatable bonds is 5. The van der Waals surface area contributed by atoms with Crippen molar-refractivity contribution in [3.8, 4) is 5.75 Å². The molecule has 0 aliphatic rings. The Morgan fingerprint density at radius 1 is 1.17 bits per heavy atom. The van der Waals surface area contributed by atoms with E-state index in [1.54, 1.807) is 30.7 Å². The zero-order chi connectivity index (χ0) is 16.7. The lowest BCUT2D eigenvalue weighted by atomic mass is 9.87. The third-order valence-corrected chi connectivity index (χ3v) is 3.20. The highest BCUT2D eigenvalue weighted by molar-refractivity contribution is 5.82.